The predicted molar refractivity (Wildman–Crippen MR) is 156 cm³/mol. The third-order valence-electron chi connectivity index (χ3n) is 5.94. The van der Waals surface area contributed by atoms with Crippen LogP contribution in [-0.2, 0) is 25.7 Å². The molecule has 2 aromatic carbocycles. The van der Waals surface area contributed by atoms with Gasteiger partial charge in [-0.3, -0.25) is 4.79 Å². The first-order valence-corrected chi connectivity index (χ1v) is 14.6. The van der Waals surface area contributed by atoms with E-state index in [1.807, 2.05) is 0 Å². The molecule has 15 heteroatoms. The summed E-state index contributed by atoms with van der Waals surface area (Å²) in [7, 11) is -2.79. The van der Waals surface area contributed by atoms with Gasteiger partial charge in [-0.1, -0.05) is 11.6 Å². The Hall–Kier alpha value is -4.11. The van der Waals surface area contributed by atoms with Crippen molar-refractivity contribution in [1.29, 1.82) is 0 Å². The van der Waals surface area contributed by atoms with E-state index in [9.17, 15) is 22.4 Å². The van der Waals surface area contributed by atoms with Gasteiger partial charge in [0.15, 0.2) is 5.82 Å². The number of amides is 2. The van der Waals surface area contributed by atoms with Gasteiger partial charge in [0.2, 0.25) is 0 Å². The third kappa shape index (κ3) is 7.02. The van der Waals surface area contributed by atoms with Crippen molar-refractivity contribution in [3.63, 3.8) is 0 Å². The summed E-state index contributed by atoms with van der Waals surface area (Å²) >= 11 is 6.37. The van der Waals surface area contributed by atoms with E-state index in [1.165, 1.54) is 22.8 Å². The Bertz CT molecular complexity index is 1800. The van der Waals surface area contributed by atoms with Gasteiger partial charge in [0.05, 0.1) is 23.4 Å². The lowest BCUT2D eigenvalue weighted by molar-refractivity contribution is 0.210. The van der Waals surface area contributed by atoms with Crippen LogP contribution in [-0.4, -0.2) is 50.5 Å². The molecule has 0 saturated heterocycles. The largest absolute Gasteiger partial charge is 0.383 e. The molecule has 0 atom stereocenters. The fraction of sp³-hybridized carbons (Fsp3) is 0.222. The van der Waals surface area contributed by atoms with Crippen LogP contribution in [0.4, 0.5) is 30.8 Å². The standard InChI is InChI=1S/C27H26ClF2N5O6S/c1-4-34-23-14-25(31-9-10-40-2)32-15-16(23)11-20(26(34)36)19-12-24(22(30)13-21(19)28)35(41-42(3,38)39)27(37)33-18-7-5-17(29)6-8-18/h5-8,11-15H,4,9-10H2,1-3H3,(H,31,32)(H,33,37). The predicted octanol–water partition coefficient (Wildman–Crippen LogP) is 5.00. The number of halogens is 3. The highest BCUT2D eigenvalue weighted by molar-refractivity contribution is 7.86. The number of ether oxygens (including phenoxy) is 1. The van der Waals surface area contributed by atoms with Gasteiger partial charge in [-0.15, -0.1) is 9.35 Å². The van der Waals surface area contributed by atoms with Gasteiger partial charge in [0.1, 0.15) is 17.3 Å². The first kappa shape index (κ1) is 30.8. The second-order valence-electron chi connectivity index (χ2n) is 8.95. The number of hydrogen-bond acceptors (Lipinski definition) is 8. The number of carbonyl (C=O) groups excluding carboxylic acids is 1. The minimum absolute atomic E-state index is 0.00106. The van der Waals surface area contributed by atoms with Crippen molar-refractivity contribution in [2.75, 3.05) is 42.2 Å². The number of hydroxylamine groups is 1. The second-order valence-corrected chi connectivity index (χ2v) is 10.9. The number of anilines is 3. The van der Waals surface area contributed by atoms with E-state index < -0.39 is 39.0 Å². The van der Waals surface area contributed by atoms with Gasteiger partial charge >= 0.3 is 6.03 Å². The molecule has 222 valence electrons. The molecule has 0 radical (unpaired) electrons. The molecule has 2 aromatic heterocycles. The number of hydrogen-bond donors (Lipinski definition) is 2. The molecule has 42 heavy (non-hydrogen) atoms. The first-order chi connectivity index (χ1) is 19.9. The fourth-order valence-electron chi connectivity index (χ4n) is 4.08. The Morgan fingerprint density at radius 2 is 1.83 bits per heavy atom. The van der Waals surface area contributed by atoms with Crippen LogP contribution >= 0.6 is 11.6 Å². The smallest absolute Gasteiger partial charge is 0.351 e. The summed E-state index contributed by atoms with van der Waals surface area (Å²) in [6.07, 6.45) is 2.21. The molecule has 0 aliphatic rings. The van der Waals surface area contributed by atoms with E-state index in [1.54, 1.807) is 26.3 Å². The zero-order valence-electron chi connectivity index (χ0n) is 22.7. The quantitative estimate of drug-likeness (QED) is 0.187. The lowest BCUT2D eigenvalue weighted by Crippen LogP contribution is -2.37. The molecule has 0 fully saturated rings. The molecule has 0 saturated carbocycles. The second kappa shape index (κ2) is 12.8. The summed E-state index contributed by atoms with van der Waals surface area (Å²) in [5.41, 5.74) is -0.457. The maximum atomic E-state index is 15.3. The van der Waals surface area contributed by atoms with Crippen molar-refractivity contribution < 1.29 is 31.0 Å². The van der Waals surface area contributed by atoms with Crippen molar-refractivity contribution >= 4 is 55.8 Å². The molecule has 4 rings (SSSR count). The van der Waals surface area contributed by atoms with Crippen molar-refractivity contribution in [3.8, 4) is 11.1 Å². The minimum atomic E-state index is -4.36. The maximum absolute atomic E-state index is 15.3. The lowest BCUT2D eigenvalue weighted by atomic mass is 10.0. The first-order valence-electron chi connectivity index (χ1n) is 12.4. The Labute approximate surface area is 244 Å². The molecule has 4 aromatic rings. The number of nitrogens with one attached hydrogen (secondary N) is 2. The van der Waals surface area contributed by atoms with Crippen LogP contribution in [0.3, 0.4) is 0 Å². The van der Waals surface area contributed by atoms with E-state index in [4.69, 9.17) is 20.6 Å². The van der Waals surface area contributed by atoms with Crippen LogP contribution in [0.25, 0.3) is 22.0 Å². The Morgan fingerprint density at radius 1 is 1.12 bits per heavy atom. The number of aromatic nitrogens is 2. The number of fused-ring (bicyclic) bond motifs is 1. The van der Waals surface area contributed by atoms with Crippen LogP contribution in [0.2, 0.25) is 5.02 Å². The number of rotatable bonds is 10. The van der Waals surface area contributed by atoms with Gasteiger partial charge in [-0.05, 0) is 49.4 Å². The number of nitrogens with zero attached hydrogens (tertiary/aromatic N) is 3. The van der Waals surface area contributed by atoms with Crippen molar-refractivity contribution in [1.82, 2.24) is 9.55 Å². The zero-order valence-corrected chi connectivity index (χ0v) is 24.2. The number of carbonyl (C=O) groups is 1. The lowest BCUT2D eigenvalue weighted by Gasteiger charge is -2.22. The van der Waals surface area contributed by atoms with Crippen molar-refractivity contribution in [2.45, 2.75) is 13.5 Å². The number of urea groups is 1. The van der Waals surface area contributed by atoms with Crippen molar-refractivity contribution in [3.05, 3.63) is 81.7 Å². The molecule has 2 N–H and O–H groups in total. The van der Waals surface area contributed by atoms with Crippen LogP contribution in [0, 0.1) is 11.6 Å². The average molecular weight is 622 g/mol. The Kier molecular flexibility index (Phi) is 9.41. The SMILES string of the molecule is CCn1c(=O)c(-c2cc(N(OS(C)(=O)=O)C(=O)Nc3ccc(F)cc3)c(F)cc2Cl)cc2cnc(NCCOC)cc21. The molecule has 0 unspecified atom stereocenters. The molecular formula is C27H26ClF2N5O6S. The van der Waals surface area contributed by atoms with Crippen LogP contribution in [0.1, 0.15) is 6.92 Å². The van der Waals surface area contributed by atoms with Crippen LogP contribution < -0.4 is 21.3 Å². The highest BCUT2D eigenvalue weighted by Gasteiger charge is 2.27. The molecule has 2 heterocycles. The molecule has 0 aliphatic heterocycles. The molecule has 0 aliphatic carbocycles. The van der Waals surface area contributed by atoms with E-state index >= 15 is 4.39 Å². The maximum Gasteiger partial charge on any atom is 0.351 e. The van der Waals surface area contributed by atoms with Gasteiger partial charge < -0.3 is 19.9 Å². The van der Waals surface area contributed by atoms with Gasteiger partial charge in [-0.2, -0.15) is 8.42 Å². The summed E-state index contributed by atoms with van der Waals surface area (Å²) < 4.78 is 63.9. The van der Waals surface area contributed by atoms with E-state index in [2.05, 4.69) is 15.6 Å². The monoisotopic (exact) mass is 621 g/mol. The van der Waals surface area contributed by atoms with E-state index in [0.29, 0.717) is 36.1 Å². The van der Waals surface area contributed by atoms with E-state index in [0.717, 1.165) is 24.3 Å². The molecule has 0 bridgehead atoms. The fourth-order valence-corrected chi connectivity index (χ4v) is 4.75. The highest BCUT2D eigenvalue weighted by Crippen LogP contribution is 2.35. The zero-order chi connectivity index (χ0) is 30.6. The molecule has 2 amide bonds. The molecule has 0 spiro atoms. The normalized spacial score (nSPS) is 11.5. The summed E-state index contributed by atoms with van der Waals surface area (Å²) in [5.74, 6) is -1.17. The van der Waals surface area contributed by atoms with Crippen LogP contribution in [0.15, 0.2) is 59.5 Å². The number of benzene rings is 2. The topological polar surface area (TPSA) is 132 Å². The molecule has 11 nitrogen and oxygen atoms in total. The van der Waals surface area contributed by atoms with Crippen LogP contribution in [0.5, 0.6) is 0 Å². The summed E-state index contributed by atoms with van der Waals surface area (Å²) in [4.78, 5) is 31.1. The summed E-state index contributed by atoms with van der Waals surface area (Å²) in [6.45, 7) is 2.98. The number of aryl methyl sites for hydroxylation is 1. The summed E-state index contributed by atoms with van der Waals surface area (Å²) in [5, 5.41) is 5.96. The third-order valence-corrected chi connectivity index (χ3v) is 6.67. The highest BCUT2D eigenvalue weighted by atomic mass is 35.5. The minimum Gasteiger partial charge on any atom is -0.383 e. The number of pyridine rings is 2. The van der Waals surface area contributed by atoms with Gasteiger partial charge in [-0.25, -0.2) is 18.6 Å². The average Bonchev–Trinajstić information content (AvgIpc) is 2.93. The van der Waals surface area contributed by atoms with Gasteiger partial charge in [0.25, 0.3) is 15.7 Å². The Balaban J connectivity index is 1.83. The Morgan fingerprint density at radius 3 is 2.48 bits per heavy atom. The van der Waals surface area contributed by atoms with Crippen molar-refractivity contribution in [2.24, 2.45) is 0 Å². The molecular weight excluding hydrogens is 596 g/mol. The number of methoxy groups -OCH3 is 1. The van der Waals surface area contributed by atoms with Gasteiger partial charge in [0, 0.05) is 54.7 Å². The summed E-state index contributed by atoms with van der Waals surface area (Å²) in [6, 6.07) is 8.41. The van der Waals surface area contributed by atoms with E-state index in [-0.39, 0.29) is 33.4 Å².